The van der Waals surface area contributed by atoms with Gasteiger partial charge in [-0.3, -0.25) is 9.59 Å². The van der Waals surface area contributed by atoms with E-state index in [0.29, 0.717) is 19.4 Å². The molecule has 3 N–H and O–H groups in total. The lowest BCUT2D eigenvalue weighted by molar-refractivity contribution is -0.143. The number of hydrogen-bond acceptors (Lipinski definition) is 5. The van der Waals surface area contributed by atoms with E-state index in [1.54, 1.807) is 6.08 Å². The lowest BCUT2D eigenvalue weighted by Crippen LogP contribution is -2.45. The summed E-state index contributed by atoms with van der Waals surface area (Å²) in [4.78, 5) is 24.6. The molecule has 0 aliphatic heterocycles. The Labute approximate surface area is 520 Å². The molecule has 0 radical (unpaired) electrons. The smallest absolute Gasteiger partial charge is 0.305 e. The van der Waals surface area contributed by atoms with Crippen molar-refractivity contribution in [3.05, 3.63) is 24.3 Å². The lowest BCUT2D eigenvalue weighted by Gasteiger charge is -2.20. The van der Waals surface area contributed by atoms with E-state index in [9.17, 15) is 19.8 Å². The van der Waals surface area contributed by atoms with Crippen LogP contribution in [-0.2, 0) is 14.3 Å². The molecule has 83 heavy (non-hydrogen) atoms. The number of amides is 1. The van der Waals surface area contributed by atoms with Gasteiger partial charge in [0, 0.05) is 12.8 Å². The van der Waals surface area contributed by atoms with Crippen LogP contribution < -0.4 is 5.32 Å². The second kappa shape index (κ2) is 72.8. The van der Waals surface area contributed by atoms with Gasteiger partial charge in [-0.05, 0) is 57.8 Å². The average molecular weight is 1170 g/mol. The molecule has 492 valence electrons. The fourth-order valence-electron chi connectivity index (χ4n) is 12.2. The van der Waals surface area contributed by atoms with Crippen LogP contribution in [0, 0.1) is 0 Å². The van der Waals surface area contributed by atoms with Crippen molar-refractivity contribution in [1.82, 2.24) is 5.32 Å². The fraction of sp³-hybridized carbons (Fsp3) is 0.922. The Balaban J connectivity index is 3.37. The molecule has 0 aromatic rings. The number of aliphatic hydroxyl groups excluding tert-OH is 2. The molecule has 0 aromatic heterocycles. The molecule has 2 atom stereocenters. The molecule has 0 spiro atoms. The largest absolute Gasteiger partial charge is 0.466 e. The highest BCUT2D eigenvalue weighted by molar-refractivity contribution is 5.76. The highest BCUT2D eigenvalue weighted by Crippen LogP contribution is 2.20. The normalized spacial score (nSPS) is 12.6. The maximum atomic E-state index is 12.5. The quantitative estimate of drug-likeness (QED) is 0.0320. The van der Waals surface area contributed by atoms with E-state index < -0.39 is 12.1 Å². The minimum atomic E-state index is -0.844. The third-order valence-electron chi connectivity index (χ3n) is 18.0. The van der Waals surface area contributed by atoms with Crippen molar-refractivity contribution in [2.75, 3.05) is 13.2 Å². The van der Waals surface area contributed by atoms with Crippen LogP contribution in [0.15, 0.2) is 24.3 Å². The predicted octanol–water partition coefficient (Wildman–Crippen LogP) is 24.9. The van der Waals surface area contributed by atoms with Gasteiger partial charge in [0.25, 0.3) is 0 Å². The van der Waals surface area contributed by atoms with Crippen LogP contribution in [0.5, 0.6) is 0 Å². The van der Waals surface area contributed by atoms with Gasteiger partial charge in [0.05, 0.1) is 25.4 Å². The summed E-state index contributed by atoms with van der Waals surface area (Å²) in [6, 6.07) is -0.627. The highest BCUT2D eigenvalue weighted by atomic mass is 16.5. The van der Waals surface area contributed by atoms with E-state index in [1.165, 1.54) is 360 Å². The van der Waals surface area contributed by atoms with Gasteiger partial charge in [-0.1, -0.05) is 385 Å². The van der Waals surface area contributed by atoms with Gasteiger partial charge >= 0.3 is 5.97 Å². The molecule has 6 heteroatoms. The Morgan fingerprint density at radius 2 is 0.566 bits per heavy atom. The van der Waals surface area contributed by atoms with Crippen LogP contribution in [0.4, 0.5) is 0 Å². The Kier molecular flexibility index (Phi) is 71.4. The zero-order chi connectivity index (χ0) is 59.9. The number of nitrogens with one attached hydrogen (secondary N) is 1. The van der Waals surface area contributed by atoms with Crippen molar-refractivity contribution in [3.8, 4) is 0 Å². The summed E-state index contributed by atoms with van der Waals surface area (Å²) in [5.74, 6) is -0.0462. The zero-order valence-electron chi connectivity index (χ0n) is 56.5. The van der Waals surface area contributed by atoms with Crippen LogP contribution in [0.1, 0.15) is 431 Å². The molecule has 0 saturated heterocycles. The number of hydrogen-bond donors (Lipinski definition) is 3. The molecule has 0 bridgehead atoms. The molecule has 0 fully saturated rings. The fourth-order valence-corrected chi connectivity index (χ4v) is 12.2. The molecule has 6 nitrogen and oxygen atoms in total. The summed E-state index contributed by atoms with van der Waals surface area (Å²) in [6.45, 7) is 4.95. The standard InChI is InChI=1S/C77H149NO5/c1-3-5-7-9-11-13-15-17-19-21-22-23-28-31-34-38-41-45-49-53-57-61-65-69-75(80)74(73-79)78-76(81)70-66-62-58-54-50-46-42-39-35-32-29-26-24-25-27-30-33-36-40-44-48-52-56-60-64-68-72-83-77(82)71-67-63-59-55-51-47-43-37-20-18-16-14-12-10-8-6-4-2/h18,20,65,69,74-75,79-80H,3-17,19,21-64,66-68,70-73H2,1-2H3,(H,78,81)/b20-18-,69-65+. The number of rotatable bonds is 72. The summed E-state index contributed by atoms with van der Waals surface area (Å²) in [6.07, 6.45) is 92.8. The molecule has 0 rings (SSSR count). The van der Waals surface area contributed by atoms with Crippen molar-refractivity contribution in [3.63, 3.8) is 0 Å². The minimum Gasteiger partial charge on any atom is -0.466 e. The number of carbonyl (C=O) groups excluding carboxylic acids is 2. The molecule has 0 heterocycles. The van der Waals surface area contributed by atoms with Crippen molar-refractivity contribution in [2.24, 2.45) is 0 Å². The maximum absolute atomic E-state index is 12.5. The number of unbranched alkanes of at least 4 members (excludes halogenated alkanes) is 59. The third kappa shape index (κ3) is 69.3. The van der Waals surface area contributed by atoms with Crippen LogP contribution in [0.25, 0.3) is 0 Å². The number of allylic oxidation sites excluding steroid dienone is 3. The summed E-state index contributed by atoms with van der Waals surface area (Å²) in [5, 5.41) is 23.3. The molecular weight excluding hydrogens is 1020 g/mol. The SMILES string of the molecule is CCCCCCCC/C=C\CCCCCCCCCC(=O)OCCCCCCCCCCCCCCCCCCCCCCCCCCCCC(=O)NC(CO)C(O)/C=C/CCCCCCCCCCCCCCCCCCCCCCC. The van der Waals surface area contributed by atoms with Crippen LogP contribution in [-0.4, -0.2) is 47.4 Å². The van der Waals surface area contributed by atoms with Crippen LogP contribution >= 0.6 is 0 Å². The minimum absolute atomic E-state index is 0.0146. The monoisotopic (exact) mass is 1170 g/mol. The van der Waals surface area contributed by atoms with E-state index >= 15 is 0 Å². The van der Waals surface area contributed by atoms with E-state index in [1.807, 2.05) is 6.08 Å². The Bertz CT molecular complexity index is 1300. The van der Waals surface area contributed by atoms with E-state index in [0.717, 1.165) is 44.9 Å². The van der Waals surface area contributed by atoms with Gasteiger partial charge in [-0.2, -0.15) is 0 Å². The van der Waals surface area contributed by atoms with Gasteiger partial charge in [0.15, 0.2) is 0 Å². The molecule has 0 saturated carbocycles. The molecule has 0 aromatic carbocycles. The second-order valence-electron chi connectivity index (χ2n) is 26.3. The summed E-state index contributed by atoms with van der Waals surface area (Å²) < 4.78 is 5.51. The van der Waals surface area contributed by atoms with Crippen molar-refractivity contribution >= 4 is 11.9 Å². The Hall–Kier alpha value is -1.66. The zero-order valence-corrected chi connectivity index (χ0v) is 56.5. The predicted molar refractivity (Wildman–Crippen MR) is 366 cm³/mol. The van der Waals surface area contributed by atoms with Crippen molar-refractivity contribution in [2.45, 2.75) is 443 Å². The topological polar surface area (TPSA) is 95.9 Å². The number of ether oxygens (including phenoxy) is 1. The second-order valence-corrected chi connectivity index (χ2v) is 26.3. The first-order chi connectivity index (χ1) is 41.0. The molecule has 1 amide bonds. The first kappa shape index (κ1) is 81.3. The van der Waals surface area contributed by atoms with E-state index in [2.05, 4.69) is 31.3 Å². The van der Waals surface area contributed by atoms with Crippen molar-refractivity contribution in [1.29, 1.82) is 0 Å². The van der Waals surface area contributed by atoms with E-state index in [4.69, 9.17) is 4.74 Å². The van der Waals surface area contributed by atoms with Crippen LogP contribution in [0.3, 0.4) is 0 Å². The summed E-state index contributed by atoms with van der Waals surface area (Å²) in [5.41, 5.74) is 0. The maximum Gasteiger partial charge on any atom is 0.305 e. The summed E-state index contributed by atoms with van der Waals surface area (Å²) in [7, 11) is 0. The lowest BCUT2D eigenvalue weighted by atomic mass is 10.0. The number of esters is 1. The van der Waals surface area contributed by atoms with Gasteiger partial charge < -0.3 is 20.3 Å². The first-order valence-corrected chi connectivity index (χ1v) is 38.1. The molecule has 2 unspecified atom stereocenters. The first-order valence-electron chi connectivity index (χ1n) is 38.1. The van der Waals surface area contributed by atoms with Gasteiger partial charge in [0.1, 0.15) is 0 Å². The summed E-state index contributed by atoms with van der Waals surface area (Å²) >= 11 is 0. The van der Waals surface area contributed by atoms with Crippen molar-refractivity contribution < 1.29 is 24.5 Å². The Morgan fingerprint density at radius 1 is 0.325 bits per heavy atom. The van der Waals surface area contributed by atoms with Gasteiger partial charge in [-0.15, -0.1) is 0 Å². The third-order valence-corrected chi connectivity index (χ3v) is 18.0. The number of carbonyl (C=O) groups is 2. The number of aliphatic hydroxyl groups is 2. The van der Waals surface area contributed by atoms with E-state index in [-0.39, 0.29) is 18.5 Å². The molecular formula is C77H149NO5. The van der Waals surface area contributed by atoms with Gasteiger partial charge in [-0.25, -0.2) is 0 Å². The van der Waals surface area contributed by atoms with Gasteiger partial charge in [0.2, 0.25) is 5.91 Å². The Morgan fingerprint density at radius 3 is 0.855 bits per heavy atom. The van der Waals surface area contributed by atoms with Crippen LogP contribution in [0.2, 0.25) is 0 Å². The average Bonchev–Trinajstić information content (AvgIpc) is 3.49. The highest BCUT2D eigenvalue weighted by Gasteiger charge is 2.18. The molecule has 0 aliphatic rings. The molecule has 0 aliphatic carbocycles.